The molecule has 598 valence electrons. The Labute approximate surface area is 597 Å². The molecule has 4 N–H and O–H groups in total. The molecule has 0 aliphatic carbocycles. The van der Waals surface area contributed by atoms with Gasteiger partial charge in [-0.2, -0.15) is 0 Å². The summed E-state index contributed by atoms with van der Waals surface area (Å²) in [6.07, 6.45) is 0. The van der Waals surface area contributed by atoms with Crippen molar-refractivity contribution in [2.45, 2.75) is 5.60 Å². The number of rotatable bonds is 6. The molecule has 0 saturated carbocycles. The molecule has 115 heavy (non-hydrogen) atoms. The Morgan fingerprint density at radius 2 is 0.409 bits per heavy atom. The molecule has 9 aromatic rings. The largest absolute Gasteiger partial charge is 0.373 e. The molecule has 6 aromatic carbocycles. The topological polar surface area (TPSA) is 105 Å². The highest BCUT2D eigenvalue weighted by Gasteiger charge is 2.55. The van der Waals surface area contributed by atoms with E-state index in [-0.39, 0.29) is 0 Å². The van der Waals surface area contributed by atoms with Gasteiger partial charge < -0.3 is 20.1 Å². The second-order valence-corrected chi connectivity index (χ2v) is 23.1. The number of aromatic nitrogens is 3. The molecule has 1 unspecified atom stereocenters. The lowest BCUT2D eigenvalue weighted by Crippen LogP contribution is -2.41. The number of benzene rings is 6. The van der Waals surface area contributed by atoms with E-state index in [1.165, 1.54) is 0 Å². The minimum Gasteiger partial charge on any atom is -0.373 e. The van der Waals surface area contributed by atoms with Crippen molar-refractivity contribution in [1.29, 1.82) is 0 Å². The highest BCUT2D eigenvalue weighted by Crippen LogP contribution is 2.53. The fourth-order valence-corrected chi connectivity index (χ4v) is 12.0. The van der Waals surface area contributed by atoms with Gasteiger partial charge in [0.1, 0.15) is 34.2 Å². The number of H-pyrrole nitrogens is 3. The highest BCUT2D eigenvalue weighted by molar-refractivity contribution is 6.34. The standard InChI is InChI=1S/C66H4F42N6O/c67-12-1(13(68)25(80)36(91)24(12)79)6-54-42(97)44(99)56(109-54)7(2-14(69)26(81)37(92)27(82)15(2)70)58-46(101)48(103)60(111-58)9(4-18(73)30(85)39(94)31(86)19(4)74)62-50(105)52(107)64(113-62)66(115,11-22(77)34(89)41(96)35(90)23(11)78)65-53(108)51(106)63(114-65)10(5-20(75)32(87)40(95)33(88)21(5)76)61-49(104)47(102)59(112-61)8(57-45(100)43(98)55(6)110-57)3-16(71)28(83)38(93)29(84)17(3)72/h109,112-113,115H/b54-6+,56-7?,57-8+,60-9-,63-10?. The summed E-state index contributed by atoms with van der Waals surface area (Å²) in [5, 5.41) is 6.32. The van der Waals surface area contributed by atoms with Crippen LogP contribution in [0.15, 0.2) is 67.0 Å². The zero-order valence-electron chi connectivity index (χ0n) is 52.2. The van der Waals surface area contributed by atoms with Crippen molar-refractivity contribution in [3.63, 3.8) is 0 Å². The molecule has 49 heteroatoms. The molecule has 3 aromatic heterocycles. The van der Waals surface area contributed by atoms with E-state index >= 15 is 158 Å². The number of halogens is 42. The first kappa shape index (κ1) is 80.4. The van der Waals surface area contributed by atoms with Crippen LogP contribution in [0.3, 0.4) is 0 Å². The number of hydrogen-bond donors (Lipinski definition) is 4. The lowest BCUT2D eigenvalue weighted by atomic mass is 9.83. The van der Waals surface area contributed by atoms with Crippen LogP contribution in [0.25, 0.3) is 27.9 Å². The third kappa shape index (κ3) is 10.7. The number of hydrogen-bond acceptors (Lipinski definition) is 4. The third-order valence-corrected chi connectivity index (χ3v) is 17.2. The van der Waals surface area contributed by atoms with Crippen LogP contribution < -0.4 is 10.7 Å². The monoisotopic (exact) mass is 1690 g/mol. The summed E-state index contributed by atoms with van der Waals surface area (Å²) in [6.45, 7) is 0. The normalized spacial score (nSPS) is 18.0. The molecule has 7 heterocycles. The van der Waals surface area contributed by atoms with Crippen molar-refractivity contribution in [3.05, 3.63) is 328 Å². The molecule has 0 fully saturated rings. The summed E-state index contributed by atoms with van der Waals surface area (Å²) in [6, 6.07) is 0. The molecule has 0 amide bonds. The second-order valence-electron chi connectivity index (χ2n) is 23.1. The molecular weight excluding hydrogens is 1690 g/mol. The minimum atomic E-state index is -6.24. The number of aromatic amines is 3. The van der Waals surface area contributed by atoms with E-state index in [1.807, 2.05) is 0 Å². The Balaban J connectivity index is 1.39. The first-order valence-corrected chi connectivity index (χ1v) is 29.0. The average molecular weight is 1690 g/mol. The number of allylic oxidation sites excluding steroid dienone is 5. The molecule has 7 nitrogen and oxygen atoms in total. The van der Waals surface area contributed by atoms with E-state index in [0.717, 1.165) is 4.98 Å². The van der Waals surface area contributed by atoms with Crippen LogP contribution >= 0.6 is 0 Å². The molecule has 13 rings (SSSR count). The highest BCUT2D eigenvalue weighted by atomic mass is 19.2. The van der Waals surface area contributed by atoms with Crippen molar-refractivity contribution < 1.29 is 190 Å². The van der Waals surface area contributed by atoms with Gasteiger partial charge in [-0.05, 0) is 0 Å². The molecule has 0 radical (unpaired) electrons. The predicted octanol–water partition coefficient (Wildman–Crippen LogP) is 18.8. The number of nitrogens with one attached hydrogen (secondary N) is 3. The zero-order valence-corrected chi connectivity index (χ0v) is 52.2. The van der Waals surface area contributed by atoms with Gasteiger partial charge in [-0.15, -0.1) is 0 Å². The Bertz CT molecular complexity index is 6440. The predicted molar refractivity (Wildman–Crippen MR) is 295 cm³/mol. The van der Waals surface area contributed by atoms with Gasteiger partial charge in [0, 0.05) is 27.9 Å². The Hall–Kier alpha value is -12.6. The Kier molecular flexibility index (Phi) is 18.9. The second kappa shape index (κ2) is 27.0. The zero-order chi connectivity index (χ0) is 85.3. The van der Waals surface area contributed by atoms with Gasteiger partial charge in [-0.1, -0.05) is 0 Å². The lowest BCUT2D eigenvalue weighted by Gasteiger charge is -2.29. The van der Waals surface area contributed by atoms with Gasteiger partial charge in [-0.3, -0.25) is 0 Å². The Morgan fingerprint density at radius 1 is 0.191 bits per heavy atom. The van der Waals surface area contributed by atoms with E-state index in [1.54, 1.807) is 0 Å². The summed E-state index contributed by atoms with van der Waals surface area (Å²) < 4.78 is 684. The fourth-order valence-electron chi connectivity index (χ4n) is 12.0. The van der Waals surface area contributed by atoms with Gasteiger partial charge in [0.15, 0.2) is 215 Å². The van der Waals surface area contributed by atoms with Crippen molar-refractivity contribution >= 4 is 45.0 Å². The maximum Gasteiger partial charge on any atom is 0.200 e. The van der Waals surface area contributed by atoms with Gasteiger partial charge >= 0.3 is 0 Å². The van der Waals surface area contributed by atoms with E-state index in [9.17, 15) is 31.4 Å². The number of aliphatic hydroxyl groups is 1. The van der Waals surface area contributed by atoms with Crippen molar-refractivity contribution in [2.24, 2.45) is 15.0 Å². The first-order valence-electron chi connectivity index (χ1n) is 29.0. The summed E-state index contributed by atoms with van der Waals surface area (Å²) >= 11 is 0. The van der Waals surface area contributed by atoms with Gasteiger partial charge in [0.25, 0.3) is 0 Å². The van der Waals surface area contributed by atoms with E-state index in [2.05, 4.69) is 15.0 Å². The molecule has 4 aliphatic rings. The molecule has 0 spiro atoms. The number of fused-ring (bicyclic) bond motifs is 9. The maximum absolute atomic E-state index is 17.5. The van der Waals surface area contributed by atoms with Crippen LogP contribution in [0.4, 0.5) is 184 Å². The number of aliphatic imine (C=N–C) groups is 3. The molecule has 0 saturated heterocycles. The summed E-state index contributed by atoms with van der Waals surface area (Å²) in [5.74, 6) is -155. The maximum atomic E-state index is 17.5. The molecule has 1 atom stereocenters. The van der Waals surface area contributed by atoms with E-state index in [0.29, 0.717) is 9.97 Å². The smallest absolute Gasteiger partial charge is 0.200 e. The van der Waals surface area contributed by atoms with E-state index < -0.39 is 379 Å². The SMILES string of the molecule is OC1(c2c(F)c(F)c(F)c(F)c2F)C2=NC(=C(c3c(F)c(F)c(F)c(F)c3F)c3[nH]c(c(F)c3F)/C(c3c(F)c(F)c(F)c(F)c3F)=C3N=C(C(F)=C/3F)/C(c3c(F)c(F)c(F)c(F)c3F)=c3/[nH]c(c(F)c3F)=C(c3c(F)c(F)c(F)c(F)c3F)C3=N/C(=C(/c4c(F)c(F)c(F)c(F)c4F)c4[nH]c1c(F)c4F)C(F)=C3F)C(F)=C2F. The quantitative estimate of drug-likeness (QED) is 0.0743. The van der Waals surface area contributed by atoms with Crippen LogP contribution in [-0.4, -0.2) is 37.2 Å². The summed E-state index contributed by atoms with van der Waals surface area (Å²) in [5.41, 5.74) is -76.9. The molecule has 4 aliphatic heterocycles. The van der Waals surface area contributed by atoms with Crippen LogP contribution in [-0.2, 0) is 5.60 Å². The minimum absolute atomic E-state index is 0.581. The first-order chi connectivity index (χ1) is 53.5. The number of nitrogens with zero attached hydrogens (tertiary/aromatic N) is 3. The molecular formula is C66H4F42N6O. The van der Waals surface area contributed by atoms with Gasteiger partial charge in [0.05, 0.1) is 66.9 Å². The summed E-state index contributed by atoms with van der Waals surface area (Å²) in [4.78, 5) is 9.90. The van der Waals surface area contributed by atoms with Crippen molar-refractivity contribution in [3.8, 4) is 0 Å². The fraction of sp³-hybridized carbons (Fsp3) is 0.0152. The van der Waals surface area contributed by atoms with Crippen LogP contribution in [0.5, 0.6) is 0 Å². The van der Waals surface area contributed by atoms with Crippen LogP contribution in [0, 0.1) is 209 Å². The molecule has 12 bridgehead atoms. The van der Waals surface area contributed by atoms with Crippen LogP contribution in [0.2, 0.25) is 0 Å². The Morgan fingerprint density at radius 3 is 0.687 bits per heavy atom. The average Bonchev–Trinajstić information content (AvgIpc) is 1.54. The van der Waals surface area contributed by atoms with Gasteiger partial charge in [0.2, 0.25) is 34.9 Å². The van der Waals surface area contributed by atoms with E-state index in [4.69, 9.17) is 0 Å². The van der Waals surface area contributed by atoms with Crippen LogP contribution in [0.1, 0.15) is 56.2 Å². The lowest BCUT2D eigenvalue weighted by molar-refractivity contribution is 0.132. The van der Waals surface area contributed by atoms with Crippen molar-refractivity contribution in [2.75, 3.05) is 0 Å². The summed E-state index contributed by atoms with van der Waals surface area (Å²) in [7, 11) is 0. The third-order valence-electron chi connectivity index (χ3n) is 17.2. The van der Waals surface area contributed by atoms with Crippen molar-refractivity contribution in [1.82, 2.24) is 15.0 Å². The van der Waals surface area contributed by atoms with Gasteiger partial charge in [-0.25, -0.2) is 199 Å².